The molecule has 17 heavy (non-hydrogen) atoms. The summed E-state index contributed by atoms with van der Waals surface area (Å²) in [5.74, 6) is 2.06. The normalized spacial score (nSPS) is 12.8. The maximum absolute atomic E-state index is 5.56. The highest BCUT2D eigenvalue weighted by atomic mass is 16.5. The molecule has 0 aliphatic rings. The second-order valence-corrected chi connectivity index (χ2v) is 4.99. The third kappa shape index (κ3) is 3.74. The van der Waals surface area contributed by atoms with E-state index in [-0.39, 0.29) is 0 Å². The van der Waals surface area contributed by atoms with Gasteiger partial charge in [-0.25, -0.2) is 0 Å². The van der Waals surface area contributed by atoms with E-state index >= 15 is 0 Å². The molecule has 2 heteroatoms. The highest BCUT2D eigenvalue weighted by molar-refractivity contribution is 5.40. The average molecular weight is 235 g/mol. The third-order valence-electron chi connectivity index (χ3n) is 3.30. The zero-order chi connectivity index (χ0) is 12.8. The van der Waals surface area contributed by atoms with Crippen LogP contribution in [0.25, 0.3) is 0 Å². The first kappa shape index (κ1) is 14.0. The van der Waals surface area contributed by atoms with Crippen LogP contribution in [0.3, 0.4) is 0 Å². The van der Waals surface area contributed by atoms with Crippen molar-refractivity contribution < 1.29 is 4.74 Å². The predicted molar refractivity (Wildman–Crippen MR) is 73.8 cm³/mol. The van der Waals surface area contributed by atoms with Crippen molar-refractivity contribution >= 4 is 0 Å². The van der Waals surface area contributed by atoms with E-state index in [0.29, 0.717) is 11.8 Å². The topological polar surface area (TPSA) is 35.2 Å². The highest BCUT2D eigenvalue weighted by Gasteiger charge is 2.12. The number of ether oxygens (including phenoxy) is 1. The molecule has 0 bridgehead atoms. The molecule has 1 aromatic rings. The Morgan fingerprint density at radius 1 is 1.24 bits per heavy atom. The molecule has 2 N–H and O–H groups in total. The fourth-order valence-electron chi connectivity index (χ4n) is 2.07. The first-order chi connectivity index (χ1) is 8.10. The summed E-state index contributed by atoms with van der Waals surface area (Å²) in [6.45, 7) is 7.40. The van der Waals surface area contributed by atoms with Gasteiger partial charge < -0.3 is 10.5 Å². The number of methoxy groups -OCH3 is 1. The molecule has 1 atom stereocenters. The van der Waals surface area contributed by atoms with Gasteiger partial charge in [0, 0.05) is 0 Å². The van der Waals surface area contributed by atoms with Crippen molar-refractivity contribution in [2.24, 2.45) is 5.73 Å². The molecule has 0 aliphatic heterocycles. The van der Waals surface area contributed by atoms with Crippen molar-refractivity contribution in [3.05, 3.63) is 29.3 Å². The molecule has 1 rings (SSSR count). The Kier molecular flexibility index (Phi) is 5.49. The van der Waals surface area contributed by atoms with Gasteiger partial charge in [-0.3, -0.25) is 0 Å². The lowest BCUT2D eigenvalue weighted by molar-refractivity contribution is 0.404. The van der Waals surface area contributed by atoms with E-state index < -0.39 is 0 Å². The Morgan fingerprint density at radius 3 is 2.47 bits per heavy atom. The molecule has 0 spiro atoms. The van der Waals surface area contributed by atoms with Gasteiger partial charge in [-0.15, -0.1) is 0 Å². The number of benzene rings is 1. The first-order valence-corrected chi connectivity index (χ1v) is 6.48. The van der Waals surface area contributed by atoms with Crippen molar-refractivity contribution in [1.29, 1.82) is 0 Å². The molecule has 0 fully saturated rings. The van der Waals surface area contributed by atoms with Crippen LogP contribution in [0.2, 0.25) is 0 Å². The Labute approximate surface area is 105 Å². The zero-order valence-corrected chi connectivity index (χ0v) is 11.5. The van der Waals surface area contributed by atoms with Crippen LogP contribution in [-0.2, 0) is 0 Å². The summed E-state index contributed by atoms with van der Waals surface area (Å²) in [5, 5.41) is 0. The van der Waals surface area contributed by atoms with Gasteiger partial charge in [0.25, 0.3) is 0 Å². The fourth-order valence-corrected chi connectivity index (χ4v) is 2.07. The second-order valence-electron chi connectivity index (χ2n) is 4.99. The van der Waals surface area contributed by atoms with Crippen LogP contribution >= 0.6 is 0 Å². The summed E-state index contributed by atoms with van der Waals surface area (Å²) in [5.41, 5.74) is 8.18. The minimum Gasteiger partial charge on any atom is -0.496 e. The lowest BCUT2D eigenvalue weighted by Gasteiger charge is -2.17. The fraction of sp³-hybridized carbons (Fsp3) is 0.600. The van der Waals surface area contributed by atoms with Crippen LogP contribution in [0.1, 0.15) is 56.6 Å². The van der Waals surface area contributed by atoms with Crippen molar-refractivity contribution in [3.8, 4) is 5.75 Å². The largest absolute Gasteiger partial charge is 0.496 e. The van der Waals surface area contributed by atoms with Crippen molar-refractivity contribution in [3.63, 3.8) is 0 Å². The van der Waals surface area contributed by atoms with E-state index in [2.05, 4.69) is 39.0 Å². The van der Waals surface area contributed by atoms with Gasteiger partial charge in [-0.2, -0.15) is 0 Å². The number of rotatable bonds is 6. The van der Waals surface area contributed by atoms with E-state index in [1.54, 1.807) is 7.11 Å². The van der Waals surface area contributed by atoms with Crippen molar-refractivity contribution in [2.45, 2.75) is 45.4 Å². The van der Waals surface area contributed by atoms with Gasteiger partial charge >= 0.3 is 0 Å². The molecular weight excluding hydrogens is 210 g/mol. The maximum Gasteiger partial charge on any atom is 0.122 e. The number of hydrogen-bond donors (Lipinski definition) is 1. The molecule has 0 heterocycles. The van der Waals surface area contributed by atoms with E-state index in [9.17, 15) is 0 Å². The first-order valence-electron chi connectivity index (χ1n) is 6.48. The van der Waals surface area contributed by atoms with Crippen LogP contribution in [0.5, 0.6) is 5.75 Å². The predicted octanol–water partition coefficient (Wildman–Crippen LogP) is 3.66. The molecule has 1 unspecified atom stereocenters. The van der Waals surface area contributed by atoms with Crippen LogP contribution in [0.4, 0.5) is 0 Å². The summed E-state index contributed by atoms with van der Waals surface area (Å²) in [6, 6.07) is 6.58. The zero-order valence-electron chi connectivity index (χ0n) is 11.5. The van der Waals surface area contributed by atoms with E-state index in [4.69, 9.17) is 10.5 Å². The Morgan fingerprint density at radius 2 is 1.94 bits per heavy atom. The molecule has 0 aliphatic carbocycles. The molecule has 0 amide bonds. The monoisotopic (exact) mass is 235 g/mol. The minimum atomic E-state index is 0.509. The van der Waals surface area contributed by atoms with Crippen molar-refractivity contribution in [2.75, 3.05) is 13.7 Å². The third-order valence-corrected chi connectivity index (χ3v) is 3.30. The van der Waals surface area contributed by atoms with E-state index in [1.807, 2.05) is 0 Å². The van der Waals surface area contributed by atoms with E-state index in [0.717, 1.165) is 25.1 Å². The van der Waals surface area contributed by atoms with Gasteiger partial charge in [-0.05, 0) is 48.4 Å². The van der Waals surface area contributed by atoms with Gasteiger partial charge in [0.2, 0.25) is 0 Å². The lowest BCUT2D eigenvalue weighted by Crippen LogP contribution is -2.04. The molecule has 1 aromatic carbocycles. The van der Waals surface area contributed by atoms with Crippen LogP contribution in [0.15, 0.2) is 18.2 Å². The van der Waals surface area contributed by atoms with Crippen LogP contribution in [-0.4, -0.2) is 13.7 Å². The summed E-state index contributed by atoms with van der Waals surface area (Å²) in [7, 11) is 1.75. The van der Waals surface area contributed by atoms with Gasteiger partial charge in [0.05, 0.1) is 7.11 Å². The molecule has 0 aromatic heterocycles. The van der Waals surface area contributed by atoms with Gasteiger partial charge in [0.15, 0.2) is 0 Å². The van der Waals surface area contributed by atoms with E-state index in [1.165, 1.54) is 11.1 Å². The lowest BCUT2D eigenvalue weighted by atomic mass is 9.92. The Bertz CT molecular complexity index is 347. The molecule has 0 saturated heterocycles. The highest BCUT2D eigenvalue weighted by Crippen LogP contribution is 2.32. The molecule has 2 nitrogen and oxygen atoms in total. The Hall–Kier alpha value is -1.02. The quantitative estimate of drug-likeness (QED) is 0.816. The maximum atomic E-state index is 5.56. The Balaban J connectivity index is 2.91. The minimum absolute atomic E-state index is 0.509. The molecule has 0 radical (unpaired) electrons. The molecule has 96 valence electrons. The summed E-state index contributed by atoms with van der Waals surface area (Å²) in [4.78, 5) is 0. The molecular formula is C15H25NO. The molecule has 0 saturated carbocycles. The summed E-state index contributed by atoms with van der Waals surface area (Å²) in [6.07, 6.45) is 2.18. The van der Waals surface area contributed by atoms with Crippen LogP contribution < -0.4 is 10.5 Å². The standard InChI is InChI=1S/C15H25NO/c1-11(2)13-7-8-14(15(10-13)17-4)12(3)6-5-9-16/h7-8,10-12H,5-6,9,16H2,1-4H3. The van der Waals surface area contributed by atoms with Crippen LogP contribution in [0, 0.1) is 0 Å². The van der Waals surface area contributed by atoms with Gasteiger partial charge in [-0.1, -0.05) is 32.9 Å². The summed E-state index contributed by atoms with van der Waals surface area (Å²) >= 11 is 0. The number of nitrogens with two attached hydrogens (primary N) is 1. The van der Waals surface area contributed by atoms with Gasteiger partial charge in [0.1, 0.15) is 5.75 Å². The van der Waals surface area contributed by atoms with Crippen molar-refractivity contribution in [1.82, 2.24) is 0 Å². The average Bonchev–Trinajstić information content (AvgIpc) is 2.34. The smallest absolute Gasteiger partial charge is 0.122 e. The second kappa shape index (κ2) is 6.65. The summed E-state index contributed by atoms with van der Waals surface area (Å²) < 4.78 is 5.51. The SMILES string of the molecule is COc1cc(C(C)C)ccc1C(C)CCCN. The number of hydrogen-bond acceptors (Lipinski definition) is 2.